The van der Waals surface area contributed by atoms with Gasteiger partial charge in [0.2, 0.25) is 0 Å². The Kier molecular flexibility index (Phi) is 3.06. The molecular weight excluding hydrogens is 285 g/mol. The van der Waals surface area contributed by atoms with Gasteiger partial charge >= 0.3 is 0 Å². The van der Waals surface area contributed by atoms with Crippen molar-refractivity contribution in [2.75, 3.05) is 18.0 Å². The SMILES string of the molecule is O=C1NCc2nn(-c3ccc(N4CCC[C@H](F)C4)nc3)cc21. The summed E-state index contributed by atoms with van der Waals surface area (Å²) in [6.07, 6.45) is 4.13. The van der Waals surface area contributed by atoms with Crippen LogP contribution in [-0.4, -0.2) is 39.9 Å². The zero-order valence-electron chi connectivity index (χ0n) is 12.0. The summed E-state index contributed by atoms with van der Waals surface area (Å²) in [4.78, 5) is 18.0. The minimum Gasteiger partial charge on any atom is -0.354 e. The maximum Gasteiger partial charge on any atom is 0.255 e. The zero-order valence-corrected chi connectivity index (χ0v) is 12.0. The van der Waals surface area contributed by atoms with Gasteiger partial charge in [0.15, 0.2) is 0 Å². The maximum atomic E-state index is 13.5. The predicted octanol–water partition coefficient (Wildman–Crippen LogP) is 1.45. The molecule has 0 saturated carbocycles. The molecule has 2 aliphatic rings. The van der Waals surface area contributed by atoms with Crippen LogP contribution >= 0.6 is 0 Å². The third kappa shape index (κ3) is 2.22. The van der Waals surface area contributed by atoms with E-state index in [4.69, 9.17) is 0 Å². The molecular formula is C15H16FN5O. The second-order valence-corrected chi connectivity index (χ2v) is 5.68. The van der Waals surface area contributed by atoms with Gasteiger partial charge in [-0.15, -0.1) is 0 Å². The zero-order chi connectivity index (χ0) is 15.1. The van der Waals surface area contributed by atoms with Crippen LogP contribution in [0.25, 0.3) is 5.69 Å². The van der Waals surface area contributed by atoms with Gasteiger partial charge in [-0.25, -0.2) is 14.1 Å². The van der Waals surface area contributed by atoms with Gasteiger partial charge in [-0.2, -0.15) is 5.10 Å². The summed E-state index contributed by atoms with van der Waals surface area (Å²) in [5.41, 5.74) is 2.16. The highest BCUT2D eigenvalue weighted by Crippen LogP contribution is 2.21. The highest BCUT2D eigenvalue weighted by Gasteiger charge is 2.23. The summed E-state index contributed by atoms with van der Waals surface area (Å²) in [5, 5.41) is 7.11. The Morgan fingerprint density at radius 2 is 2.27 bits per heavy atom. The van der Waals surface area contributed by atoms with Crippen LogP contribution < -0.4 is 10.2 Å². The van der Waals surface area contributed by atoms with Crippen LogP contribution in [0.5, 0.6) is 0 Å². The van der Waals surface area contributed by atoms with E-state index in [-0.39, 0.29) is 5.91 Å². The molecule has 0 radical (unpaired) electrons. The van der Waals surface area contributed by atoms with Crippen LogP contribution in [0.1, 0.15) is 28.9 Å². The van der Waals surface area contributed by atoms with Crippen molar-refractivity contribution in [1.29, 1.82) is 0 Å². The number of nitrogens with zero attached hydrogens (tertiary/aromatic N) is 4. The number of carbonyl (C=O) groups is 1. The van der Waals surface area contributed by atoms with Gasteiger partial charge in [-0.1, -0.05) is 0 Å². The predicted molar refractivity (Wildman–Crippen MR) is 78.9 cm³/mol. The van der Waals surface area contributed by atoms with E-state index in [0.717, 1.165) is 30.2 Å². The molecule has 6 nitrogen and oxygen atoms in total. The van der Waals surface area contributed by atoms with Crippen molar-refractivity contribution >= 4 is 11.7 Å². The Balaban J connectivity index is 1.57. The fourth-order valence-corrected chi connectivity index (χ4v) is 2.96. The largest absolute Gasteiger partial charge is 0.354 e. The van der Waals surface area contributed by atoms with Crippen LogP contribution in [0.3, 0.4) is 0 Å². The van der Waals surface area contributed by atoms with Gasteiger partial charge in [0, 0.05) is 12.7 Å². The highest BCUT2D eigenvalue weighted by atomic mass is 19.1. The third-order valence-electron chi connectivity index (χ3n) is 4.14. The molecule has 0 spiro atoms. The molecule has 7 heteroatoms. The molecule has 1 fully saturated rings. The van der Waals surface area contributed by atoms with E-state index in [9.17, 15) is 9.18 Å². The first-order valence-electron chi connectivity index (χ1n) is 7.43. The first-order chi connectivity index (χ1) is 10.7. The summed E-state index contributed by atoms with van der Waals surface area (Å²) >= 11 is 0. The molecule has 4 rings (SSSR count). The number of pyridine rings is 1. The number of alkyl halides is 1. The Morgan fingerprint density at radius 1 is 1.36 bits per heavy atom. The molecule has 22 heavy (non-hydrogen) atoms. The minimum atomic E-state index is -0.775. The minimum absolute atomic E-state index is 0.0897. The topological polar surface area (TPSA) is 63.1 Å². The number of halogens is 1. The lowest BCUT2D eigenvalue weighted by atomic mass is 10.1. The Bertz CT molecular complexity index is 711. The lowest BCUT2D eigenvalue weighted by Gasteiger charge is -2.29. The van der Waals surface area contributed by atoms with Gasteiger partial charge in [0.1, 0.15) is 12.0 Å². The Labute approximate surface area is 126 Å². The van der Waals surface area contributed by atoms with Crippen molar-refractivity contribution < 1.29 is 9.18 Å². The number of aromatic nitrogens is 3. The van der Waals surface area contributed by atoms with Gasteiger partial charge in [-0.05, 0) is 25.0 Å². The van der Waals surface area contributed by atoms with Gasteiger partial charge in [-0.3, -0.25) is 4.79 Å². The smallest absolute Gasteiger partial charge is 0.255 e. The number of rotatable bonds is 2. The Morgan fingerprint density at radius 3 is 3.00 bits per heavy atom. The molecule has 114 valence electrons. The van der Waals surface area contributed by atoms with Crippen LogP contribution in [0, 0.1) is 0 Å². The summed E-state index contributed by atoms with van der Waals surface area (Å²) in [6.45, 7) is 1.71. The highest BCUT2D eigenvalue weighted by molar-refractivity contribution is 5.97. The molecule has 1 amide bonds. The third-order valence-corrected chi connectivity index (χ3v) is 4.14. The van der Waals surface area contributed by atoms with Gasteiger partial charge < -0.3 is 10.2 Å². The van der Waals surface area contributed by atoms with Crippen molar-refractivity contribution in [3.05, 3.63) is 35.8 Å². The molecule has 1 N–H and O–H groups in total. The van der Waals surface area contributed by atoms with Crippen LogP contribution in [0.15, 0.2) is 24.5 Å². The van der Waals surface area contributed by atoms with Gasteiger partial charge in [0.25, 0.3) is 5.91 Å². The fraction of sp³-hybridized carbons (Fsp3) is 0.400. The number of hydrogen-bond acceptors (Lipinski definition) is 4. The quantitative estimate of drug-likeness (QED) is 0.912. The monoisotopic (exact) mass is 301 g/mol. The first kappa shape index (κ1) is 13.2. The molecule has 0 unspecified atom stereocenters. The number of amides is 1. The van der Waals surface area contributed by atoms with E-state index in [0.29, 0.717) is 25.1 Å². The molecule has 2 aliphatic heterocycles. The Hall–Kier alpha value is -2.44. The second kappa shape index (κ2) is 5.08. The molecule has 2 aromatic rings. The summed E-state index contributed by atoms with van der Waals surface area (Å²) < 4.78 is 15.1. The lowest BCUT2D eigenvalue weighted by molar-refractivity contribution is 0.0965. The summed E-state index contributed by atoms with van der Waals surface area (Å²) in [7, 11) is 0. The first-order valence-corrected chi connectivity index (χ1v) is 7.43. The molecule has 0 bridgehead atoms. The molecule has 1 atom stereocenters. The molecule has 2 aromatic heterocycles. The van der Waals surface area contributed by atoms with Crippen LogP contribution in [-0.2, 0) is 6.54 Å². The fourth-order valence-electron chi connectivity index (χ4n) is 2.96. The van der Waals surface area contributed by atoms with Gasteiger partial charge in [0.05, 0.1) is 36.2 Å². The van der Waals surface area contributed by atoms with Crippen molar-refractivity contribution in [1.82, 2.24) is 20.1 Å². The number of fused-ring (bicyclic) bond motifs is 1. The normalized spacial score (nSPS) is 20.9. The van der Waals surface area contributed by atoms with Crippen LogP contribution in [0.4, 0.5) is 10.2 Å². The van der Waals surface area contributed by atoms with E-state index in [1.807, 2.05) is 17.0 Å². The molecule has 1 saturated heterocycles. The van der Waals surface area contributed by atoms with Crippen molar-refractivity contribution in [2.45, 2.75) is 25.6 Å². The van der Waals surface area contributed by atoms with Crippen molar-refractivity contribution in [2.24, 2.45) is 0 Å². The average molecular weight is 301 g/mol. The standard InChI is InChI=1S/C15H16FN5O/c16-10-2-1-5-20(8-10)14-4-3-11(6-17-14)21-9-12-13(19-21)7-18-15(12)22/h3-4,6,9-10H,1-2,5,7-8H2,(H,18,22)/t10-/m0/s1. The number of piperidine rings is 1. The van der Waals surface area contributed by atoms with Crippen molar-refractivity contribution in [3.63, 3.8) is 0 Å². The maximum absolute atomic E-state index is 13.5. The molecule has 0 aromatic carbocycles. The molecule has 0 aliphatic carbocycles. The van der Waals surface area contributed by atoms with E-state index in [1.54, 1.807) is 17.1 Å². The number of nitrogens with one attached hydrogen (secondary N) is 1. The van der Waals surface area contributed by atoms with E-state index < -0.39 is 6.17 Å². The van der Waals surface area contributed by atoms with Crippen LogP contribution in [0.2, 0.25) is 0 Å². The van der Waals surface area contributed by atoms with E-state index in [1.165, 1.54) is 0 Å². The second-order valence-electron chi connectivity index (χ2n) is 5.68. The van der Waals surface area contributed by atoms with E-state index in [2.05, 4.69) is 15.4 Å². The number of anilines is 1. The number of carbonyl (C=O) groups excluding carboxylic acids is 1. The van der Waals surface area contributed by atoms with Crippen molar-refractivity contribution in [3.8, 4) is 5.69 Å². The molecule has 4 heterocycles. The number of hydrogen-bond donors (Lipinski definition) is 1. The summed E-state index contributed by atoms with van der Waals surface area (Å²) in [5.74, 6) is 0.691. The average Bonchev–Trinajstić information content (AvgIpc) is 3.10. The van der Waals surface area contributed by atoms with E-state index >= 15 is 0 Å². The lowest BCUT2D eigenvalue weighted by Crippen LogP contribution is -2.36. The summed E-state index contributed by atoms with van der Waals surface area (Å²) in [6, 6.07) is 3.77.